The van der Waals surface area contributed by atoms with E-state index < -0.39 is 0 Å². The van der Waals surface area contributed by atoms with Gasteiger partial charge in [-0.2, -0.15) is 0 Å². The summed E-state index contributed by atoms with van der Waals surface area (Å²) in [5.74, 6) is 1.69. The van der Waals surface area contributed by atoms with Gasteiger partial charge in [-0.05, 0) is 66.8 Å². The van der Waals surface area contributed by atoms with Gasteiger partial charge in [-0.15, -0.1) is 0 Å². The minimum Gasteiger partial charge on any atom is -0.338 e. The molecule has 26 heavy (non-hydrogen) atoms. The van der Waals surface area contributed by atoms with Crippen LogP contribution in [0.15, 0.2) is 30.3 Å². The van der Waals surface area contributed by atoms with E-state index in [1.54, 1.807) is 0 Å². The number of nitrogens with one attached hydrogen (secondary N) is 3. The number of benzene rings is 1. The van der Waals surface area contributed by atoms with Crippen molar-refractivity contribution in [1.82, 2.24) is 10.6 Å². The van der Waals surface area contributed by atoms with Crippen LogP contribution >= 0.6 is 0 Å². The van der Waals surface area contributed by atoms with E-state index in [9.17, 15) is 4.79 Å². The Hall–Kier alpha value is -1.55. The Balaban J connectivity index is 1.43. The zero-order valence-corrected chi connectivity index (χ0v) is 16.3. The van der Waals surface area contributed by atoms with Gasteiger partial charge in [0.1, 0.15) is 0 Å². The molecule has 0 saturated heterocycles. The van der Waals surface area contributed by atoms with Crippen molar-refractivity contribution in [2.75, 3.05) is 33.7 Å². The maximum atomic E-state index is 12.2. The van der Waals surface area contributed by atoms with Gasteiger partial charge in [-0.25, -0.2) is 4.79 Å². The number of rotatable bonds is 6. The Bertz CT molecular complexity index is 628. The molecule has 142 valence electrons. The lowest BCUT2D eigenvalue weighted by Crippen LogP contribution is -3.06. The van der Waals surface area contributed by atoms with Crippen LogP contribution in [-0.4, -0.2) is 39.8 Å². The van der Waals surface area contributed by atoms with Crippen LogP contribution in [0.4, 0.5) is 4.79 Å². The minimum atomic E-state index is 0.00996. The van der Waals surface area contributed by atoms with Crippen LogP contribution in [0.2, 0.25) is 0 Å². The highest BCUT2D eigenvalue weighted by Gasteiger charge is 2.57. The Morgan fingerprint density at radius 1 is 1.08 bits per heavy atom. The summed E-state index contributed by atoms with van der Waals surface area (Å²) in [5, 5.41) is 6.24. The Labute approximate surface area is 157 Å². The highest BCUT2D eigenvalue weighted by Crippen LogP contribution is 2.65. The van der Waals surface area contributed by atoms with Crippen molar-refractivity contribution in [3.8, 4) is 0 Å². The van der Waals surface area contributed by atoms with Crippen LogP contribution in [0.5, 0.6) is 0 Å². The maximum absolute atomic E-state index is 12.2. The van der Waals surface area contributed by atoms with E-state index in [0.717, 1.165) is 31.5 Å². The predicted octanol–water partition coefficient (Wildman–Crippen LogP) is 1.97. The van der Waals surface area contributed by atoms with E-state index in [4.69, 9.17) is 0 Å². The molecule has 0 heterocycles. The summed E-state index contributed by atoms with van der Waals surface area (Å²) >= 11 is 0. The SMILES string of the molecule is C[NH+](C)CCNC(=O)NCC12C[C@H]3C[C@@H](C1)CC(c1ccccc1)(C3)C2. The molecule has 4 nitrogen and oxygen atoms in total. The van der Waals surface area contributed by atoms with Crippen molar-refractivity contribution in [2.24, 2.45) is 17.3 Å². The van der Waals surface area contributed by atoms with Crippen LogP contribution < -0.4 is 15.5 Å². The number of amides is 2. The molecule has 0 spiro atoms. The molecule has 0 aliphatic heterocycles. The molecular weight excluding hydrogens is 322 g/mol. The van der Waals surface area contributed by atoms with E-state index in [1.807, 2.05) is 0 Å². The van der Waals surface area contributed by atoms with Gasteiger partial charge in [0.05, 0.1) is 27.2 Å². The summed E-state index contributed by atoms with van der Waals surface area (Å²) in [4.78, 5) is 13.6. The Kier molecular flexibility index (Phi) is 4.72. The highest BCUT2D eigenvalue weighted by atomic mass is 16.2. The largest absolute Gasteiger partial charge is 0.338 e. The molecule has 2 unspecified atom stereocenters. The van der Waals surface area contributed by atoms with Crippen LogP contribution in [0.25, 0.3) is 0 Å². The van der Waals surface area contributed by atoms with Gasteiger partial charge in [0, 0.05) is 6.54 Å². The standard InChI is InChI=1S/C22H33N3O/c1-25(2)9-8-23-20(26)24-16-21-11-17-10-18(12-21)14-22(13-17,15-21)19-6-4-3-5-7-19/h3-7,17-18H,8-16H2,1-2H3,(H2,23,24,26)/p+1/t17-,18+,21?,22?. The maximum Gasteiger partial charge on any atom is 0.315 e. The quantitative estimate of drug-likeness (QED) is 0.717. The van der Waals surface area contributed by atoms with Gasteiger partial charge < -0.3 is 15.5 Å². The third-order valence-corrected chi connectivity index (χ3v) is 7.10. The smallest absolute Gasteiger partial charge is 0.315 e. The molecule has 4 bridgehead atoms. The average Bonchev–Trinajstić information content (AvgIpc) is 2.59. The number of urea groups is 1. The first-order chi connectivity index (χ1) is 12.5. The summed E-state index contributed by atoms with van der Waals surface area (Å²) in [5.41, 5.74) is 2.21. The fraction of sp³-hybridized carbons (Fsp3) is 0.682. The summed E-state index contributed by atoms with van der Waals surface area (Å²) < 4.78 is 0. The van der Waals surface area contributed by atoms with Crippen LogP contribution in [0.3, 0.4) is 0 Å². The first-order valence-electron chi connectivity index (χ1n) is 10.3. The highest BCUT2D eigenvalue weighted by molar-refractivity contribution is 5.73. The number of quaternary nitrogens is 1. The van der Waals surface area contributed by atoms with Crippen LogP contribution in [0, 0.1) is 17.3 Å². The van der Waals surface area contributed by atoms with Crippen molar-refractivity contribution < 1.29 is 9.69 Å². The third kappa shape index (κ3) is 3.48. The van der Waals surface area contributed by atoms with E-state index in [-0.39, 0.29) is 6.03 Å². The molecule has 4 atom stereocenters. The van der Waals surface area contributed by atoms with E-state index in [0.29, 0.717) is 10.8 Å². The molecule has 1 aromatic carbocycles. The van der Waals surface area contributed by atoms with Crippen molar-refractivity contribution in [3.05, 3.63) is 35.9 Å². The van der Waals surface area contributed by atoms with E-state index in [1.165, 1.54) is 49.0 Å². The summed E-state index contributed by atoms with van der Waals surface area (Å²) in [6.07, 6.45) is 7.98. The van der Waals surface area contributed by atoms with Crippen molar-refractivity contribution in [3.63, 3.8) is 0 Å². The molecule has 3 N–H and O–H groups in total. The monoisotopic (exact) mass is 356 g/mol. The lowest BCUT2D eigenvalue weighted by molar-refractivity contribution is -0.856. The molecule has 4 fully saturated rings. The second-order valence-electron chi connectivity index (χ2n) is 9.67. The number of likely N-dealkylation sites (N-methyl/N-ethyl adjacent to an activating group) is 1. The molecule has 4 aliphatic rings. The molecule has 4 saturated carbocycles. The fourth-order valence-corrected chi connectivity index (χ4v) is 6.54. The molecular formula is C22H34N3O+. The molecule has 4 aliphatic carbocycles. The van der Waals surface area contributed by atoms with Crippen LogP contribution in [0.1, 0.15) is 44.1 Å². The third-order valence-electron chi connectivity index (χ3n) is 7.10. The minimum absolute atomic E-state index is 0.00996. The summed E-state index contributed by atoms with van der Waals surface area (Å²) in [6.45, 7) is 2.54. The number of hydrogen-bond donors (Lipinski definition) is 3. The van der Waals surface area contributed by atoms with Gasteiger partial charge in [-0.1, -0.05) is 30.3 Å². The molecule has 2 amide bonds. The van der Waals surface area contributed by atoms with E-state index in [2.05, 4.69) is 55.1 Å². The first-order valence-corrected chi connectivity index (χ1v) is 10.3. The molecule has 1 aromatic rings. The second kappa shape index (κ2) is 6.88. The lowest BCUT2D eigenvalue weighted by atomic mass is 9.43. The zero-order valence-electron chi connectivity index (χ0n) is 16.3. The Morgan fingerprint density at radius 2 is 1.77 bits per heavy atom. The normalized spacial score (nSPS) is 34.9. The summed E-state index contributed by atoms with van der Waals surface area (Å²) in [7, 11) is 4.22. The van der Waals surface area contributed by atoms with Crippen molar-refractivity contribution in [2.45, 2.75) is 43.9 Å². The number of hydrogen-bond acceptors (Lipinski definition) is 1. The Morgan fingerprint density at radius 3 is 2.42 bits per heavy atom. The van der Waals surface area contributed by atoms with Gasteiger partial charge in [0.15, 0.2) is 0 Å². The number of carbonyl (C=O) groups excluding carboxylic acids is 1. The summed E-state index contributed by atoms with van der Waals surface area (Å²) in [6, 6.07) is 11.2. The van der Waals surface area contributed by atoms with Crippen molar-refractivity contribution in [1.29, 1.82) is 0 Å². The van der Waals surface area contributed by atoms with Gasteiger partial charge in [0.2, 0.25) is 0 Å². The van der Waals surface area contributed by atoms with E-state index >= 15 is 0 Å². The average molecular weight is 357 g/mol. The van der Waals surface area contributed by atoms with Gasteiger partial charge in [-0.3, -0.25) is 0 Å². The molecule has 0 aromatic heterocycles. The predicted molar refractivity (Wildman–Crippen MR) is 104 cm³/mol. The van der Waals surface area contributed by atoms with Gasteiger partial charge >= 0.3 is 6.03 Å². The fourth-order valence-electron chi connectivity index (χ4n) is 6.54. The molecule has 4 heteroatoms. The lowest BCUT2D eigenvalue weighted by Gasteiger charge is -2.62. The molecule has 0 radical (unpaired) electrons. The van der Waals surface area contributed by atoms with Gasteiger partial charge in [0.25, 0.3) is 0 Å². The first kappa shape index (κ1) is 17.8. The second-order valence-corrected chi connectivity index (χ2v) is 9.67. The number of carbonyl (C=O) groups is 1. The van der Waals surface area contributed by atoms with Crippen LogP contribution in [-0.2, 0) is 5.41 Å². The zero-order chi connectivity index (χ0) is 18.2. The van der Waals surface area contributed by atoms with Crippen molar-refractivity contribution >= 4 is 6.03 Å². The topological polar surface area (TPSA) is 45.6 Å². The molecule has 5 rings (SSSR count).